The van der Waals surface area contributed by atoms with Crippen molar-refractivity contribution in [2.24, 2.45) is 0 Å². The topological polar surface area (TPSA) is 111 Å². The van der Waals surface area contributed by atoms with Gasteiger partial charge in [0.1, 0.15) is 12.4 Å². The van der Waals surface area contributed by atoms with Crippen molar-refractivity contribution in [1.29, 1.82) is 0 Å². The van der Waals surface area contributed by atoms with Crippen LogP contribution in [-0.2, 0) is 34.0 Å². The van der Waals surface area contributed by atoms with E-state index in [9.17, 15) is 19.8 Å². The van der Waals surface area contributed by atoms with Gasteiger partial charge >= 0.3 is 5.97 Å². The zero-order chi connectivity index (χ0) is 22.1. The Bertz CT molecular complexity index is 1320. The van der Waals surface area contributed by atoms with Crippen LogP contribution in [0.4, 0.5) is 0 Å². The molecule has 8 heteroatoms. The fourth-order valence-corrected chi connectivity index (χ4v) is 4.09. The third-order valence-electron chi connectivity index (χ3n) is 5.70. The summed E-state index contributed by atoms with van der Waals surface area (Å²) in [6, 6.07) is 6.87. The van der Waals surface area contributed by atoms with Crippen molar-refractivity contribution in [2.75, 3.05) is 0 Å². The third-order valence-corrected chi connectivity index (χ3v) is 5.70. The number of esters is 1. The molecule has 5 rings (SSSR count). The molecule has 0 saturated carbocycles. The van der Waals surface area contributed by atoms with Crippen LogP contribution in [0.15, 0.2) is 29.1 Å². The fraction of sp³-hybridized carbons (Fsp3) is 0.348. The number of rotatable bonds is 2. The minimum absolute atomic E-state index is 0.125. The molecule has 160 valence electrons. The van der Waals surface area contributed by atoms with Gasteiger partial charge in [-0.15, -0.1) is 0 Å². The first-order valence-corrected chi connectivity index (χ1v) is 10.0. The molecule has 2 N–H and O–H groups in total. The number of benzene rings is 1. The number of phenols is 1. The summed E-state index contributed by atoms with van der Waals surface area (Å²) in [6.45, 7) is 6.20. The van der Waals surface area contributed by atoms with Crippen molar-refractivity contribution in [2.45, 2.75) is 52.2 Å². The van der Waals surface area contributed by atoms with E-state index < -0.39 is 12.1 Å². The minimum atomic E-state index is -1.48. The number of carbonyl (C=O) groups excluding carboxylic acids is 1. The van der Waals surface area contributed by atoms with Gasteiger partial charge in [0.2, 0.25) is 0 Å². The molecule has 2 aromatic heterocycles. The highest BCUT2D eigenvalue weighted by molar-refractivity contribution is 5.88. The lowest BCUT2D eigenvalue weighted by Crippen LogP contribution is -2.32. The number of hydrogen-bond donors (Lipinski definition) is 2. The van der Waals surface area contributed by atoms with Gasteiger partial charge in [-0.2, -0.15) is 0 Å². The van der Waals surface area contributed by atoms with E-state index in [0.29, 0.717) is 29.0 Å². The van der Waals surface area contributed by atoms with Crippen LogP contribution in [0.3, 0.4) is 0 Å². The summed E-state index contributed by atoms with van der Waals surface area (Å²) in [5.41, 5.74) is 3.15. The summed E-state index contributed by atoms with van der Waals surface area (Å²) >= 11 is 0. The molecule has 0 bridgehead atoms. The average molecular weight is 422 g/mol. The average Bonchev–Trinajstić information content (AvgIpc) is 3.06. The molecule has 2 aliphatic rings. The van der Waals surface area contributed by atoms with E-state index in [4.69, 9.17) is 14.5 Å². The third kappa shape index (κ3) is 3.10. The maximum Gasteiger partial charge on any atom is 0.340 e. The van der Waals surface area contributed by atoms with E-state index in [2.05, 4.69) is 0 Å². The van der Waals surface area contributed by atoms with Gasteiger partial charge < -0.3 is 24.3 Å². The Kier molecular flexibility index (Phi) is 4.22. The number of aromatic nitrogens is 2. The zero-order valence-electron chi connectivity index (χ0n) is 17.4. The number of carbonyl (C=O) groups is 1. The number of fused-ring (bicyclic) bond motifs is 5. The first-order valence-electron chi connectivity index (χ1n) is 10.0. The number of ether oxygens (including phenoxy) is 2. The molecule has 1 aromatic carbocycles. The number of pyridine rings is 2. The highest BCUT2D eigenvalue weighted by Crippen LogP contribution is 2.37. The lowest BCUT2D eigenvalue weighted by molar-refractivity contribution is -0.157. The van der Waals surface area contributed by atoms with Gasteiger partial charge in [-0.05, 0) is 45.0 Å². The van der Waals surface area contributed by atoms with Crippen LogP contribution in [0, 0.1) is 0 Å². The van der Waals surface area contributed by atoms with E-state index in [1.807, 2.05) is 26.8 Å². The molecule has 3 aromatic rings. The van der Waals surface area contributed by atoms with E-state index in [1.54, 1.807) is 22.8 Å². The number of aromatic hydroxyl groups is 1. The van der Waals surface area contributed by atoms with Gasteiger partial charge in [0.15, 0.2) is 6.10 Å². The molecule has 1 atom stereocenters. The Labute approximate surface area is 177 Å². The molecular formula is C23H22N2O6. The second-order valence-electron chi connectivity index (χ2n) is 8.89. The monoisotopic (exact) mass is 422 g/mol. The Morgan fingerprint density at radius 2 is 2.03 bits per heavy atom. The molecule has 4 heterocycles. The summed E-state index contributed by atoms with van der Waals surface area (Å²) in [4.78, 5) is 29.5. The standard InChI is InChI=1S/C23H22N2O6/c1-23(2,3)31-10-14-12-6-11-8-25-17(19(11)24-16(12)4-5-18(14)26)7-13-15(21(25)28)9-30-22(29)20(13)27/h4-7,20,26-27H,8-10H2,1-3H3. The van der Waals surface area contributed by atoms with Gasteiger partial charge in [-0.25, -0.2) is 9.78 Å². The second-order valence-corrected chi connectivity index (χ2v) is 8.89. The summed E-state index contributed by atoms with van der Waals surface area (Å²) in [5.74, 6) is -0.638. The number of cyclic esters (lactones) is 1. The molecular weight excluding hydrogens is 400 g/mol. The van der Waals surface area contributed by atoms with Crippen molar-refractivity contribution in [3.05, 3.63) is 56.9 Å². The van der Waals surface area contributed by atoms with Crippen molar-refractivity contribution >= 4 is 16.9 Å². The zero-order valence-corrected chi connectivity index (χ0v) is 17.4. The molecule has 8 nitrogen and oxygen atoms in total. The summed E-state index contributed by atoms with van der Waals surface area (Å²) < 4.78 is 12.4. The lowest BCUT2D eigenvalue weighted by Gasteiger charge is -2.21. The number of aliphatic hydroxyl groups excluding tert-OH is 1. The van der Waals surface area contributed by atoms with Crippen LogP contribution in [-0.4, -0.2) is 31.3 Å². The number of phenolic OH excluding ortho intramolecular Hbond substituents is 1. The molecule has 0 amide bonds. The molecule has 0 radical (unpaired) electrons. The predicted octanol–water partition coefficient (Wildman–Crippen LogP) is 2.54. The molecule has 0 spiro atoms. The van der Waals surface area contributed by atoms with Gasteiger partial charge in [0.25, 0.3) is 5.56 Å². The van der Waals surface area contributed by atoms with Gasteiger partial charge in [0.05, 0.1) is 41.2 Å². The van der Waals surface area contributed by atoms with E-state index in [-0.39, 0.29) is 41.3 Å². The maximum atomic E-state index is 13.0. The summed E-state index contributed by atoms with van der Waals surface area (Å²) in [7, 11) is 0. The predicted molar refractivity (Wildman–Crippen MR) is 112 cm³/mol. The minimum Gasteiger partial charge on any atom is -0.508 e. The molecule has 2 aliphatic heterocycles. The highest BCUT2D eigenvalue weighted by Gasteiger charge is 2.33. The maximum absolute atomic E-state index is 13.0. The van der Waals surface area contributed by atoms with E-state index in [0.717, 1.165) is 10.9 Å². The highest BCUT2D eigenvalue weighted by atomic mass is 16.5. The molecule has 1 unspecified atom stereocenters. The van der Waals surface area contributed by atoms with Crippen molar-refractivity contribution in [3.8, 4) is 17.1 Å². The number of aliphatic hydroxyl groups is 1. The van der Waals surface area contributed by atoms with Crippen molar-refractivity contribution < 1.29 is 24.5 Å². The van der Waals surface area contributed by atoms with Crippen LogP contribution in [0.5, 0.6) is 5.75 Å². The first kappa shape index (κ1) is 19.7. The Morgan fingerprint density at radius 3 is 2.77 bits per heavy atom. The number of nitrogens with zero attached hydrogens (tertiary/aromatic N) is 2. The van der Waals surface area contributed by atoms with E-state index >= 15 is 0 Å². The van der Waals surface area contributed by atoms with Crippen LogP contribution >= 0.6 is 0 Å². The Hall–Kier alpha value is -3.23. The molecule has 31 heavy (non-hydrogen) atoms. The smallest absolute Gasteiger partial charge is 0.340 e. The molecule has 0 saturated heterocycles. The lowest BCUT2D eigenvalue weighted by atomic mass is 10.00. The fourth-order valence-electron chi connectivity index (χ4n) is 4.09. The van der Waals surface area contributed by atoms with Gasteiger partial charge in [-0.1, -0.05) is 0 Å². The van der Waals surface area contributed by atoms with E-state index in [1.165, 1.54) is 0 Å². The molecule has 0 fully saturated rings. The largest absolute Gasteiger partial charge is 0.508 e. The van der Waals surface area contributed by atoms with Crippen LogP contribution in [0.1, 0.15) is 49.1 Å². The normalized spacial score (nSPS) is 17.3. The van der Waals surface area contributed by atoms with Crippen molar-refractivity contribution in [1.82, 2.24) is 9.55 Å². The summed E-state index contributed by atoms with van der Waals surface area (Å²) in [5, 5.41) is 21.4. The van der Waals surface area contributed by atoms with Gasteiger partial charge in [-0.3, -0.25) is 4.79 Å². The summed E-state index contributed by atoms with van der Waals surface area (Å²) in [6.07, 6.45) is -1.48. The van der Waals surface area contributed by atoms with Gasteiger partial charge in [0, 0.05) is 22.1 Å². The second kappa shape index (κ2) is 6.63. The quantitative estimate of drug-likeness (QED) is 0.478. The number of hydrogen-bond acceptors (Lipinski definition) is 7. The van der Waals surface area contributed by atoms with Crippen LogP contribution < -0.4 is 5.56 Å². The Balaban J connectivity index is 1.67. The van der Waals surface area contributed by atoms with Crippen LogP contribution in [0.2, 0.25) is 0 Å². The molecule has 0 aliphatic carbocycles. The van der Waals surface area contributed by atoms with Crippen molar-refractivity contribution in [3.63, 3.8) is 0 Å². The Morgan fingerprint density at radius 1 is 1.26 bits per heavy atom. The SMILES string of the molecule is CC(C)(C)OCc1c(O)ccc2nc3c(cc12)Cn1c-3cc2c(c1=O)COC(=O)C2O. The first-order chi connectivity index (χ1) is 14.6. The van der Waals surface area contributed by atoms with Crippen LogP contribution in [0.25, 0.3) is 22.3 Å².